The van der Waals surface area contributed by atoms with E-state index in [9.17, 15) is 4.79 Å². The average molecular weight is 298 g/mol. The van der Waals surface area contributed by atoms with Crippen molar-refractivity contribution in [3.63, 3.8) is 0 Å². The number of hydrogen-bond donors (Lipinski definition) is 1. The standard InChI is InChI=1S/C15H18N6O/c1-11(22)21-9-4-12(5-10-21)13-3-8-18-15(19-13)20-14-16-6-2-7-17-14/h2-3,6-8,12H,4-5,9-10H2,1H3,(H,16,17,18,19,20). The molecule has 3 heterocycles. The molecule has 0 unspecified atom stereocenters. The van der Waals surface area contributed by atoms with Crippen LogP contribution in [0.1, 0.15) is 31.4 Å². The molecule has 0 aliphatic carbocycles. The zero-order chi connectivity index (χ0) is 15.4. The minimum atomic E-state index is 0.143. The van der Waals surface area contributed by atoms with Gasteiger partial charge in [0.1, 0.15) is 0 Å². The Bertz CT molecular complexity index is 639. The number of rotatable bonds is 3. The Labute approximate surface area is 128 Å². The zero-order valence-corrected chi connectivity index (χ0v) is 12.4. The van der Waals surface area contributed by atoms with Gasteiger partial charge in [-0.05, 0) is 25.0 Å². The Balaban J connectivity index is 1.68. The van der Waals surface area contributed by atoms with Gasteiger partial charge in [-0.25, -0.2) is 19.9 Å². The molecule has 0 atom stereocenters. The van der Waals surface area contributed by atoms with Crippen molar-refractivity contribution in [2.75, 3.05) is 18.4 Å². The van der Waals surface area contributed by atoms with Gasteiger partial charge >= 0.3 is 0 Å². The van der Waals surface area contributed by atoms with Gasteiger partial charge in [-0.15, -0.1) is 0 Å². The molecule has 22 heavy (non-hydrogen) atoms. The summed E-state index contributed by atoms with van der Waals surface area (Å²) in [4.78, 5) is 30.2. The van der Waals surface area contributed by atoms with Crippen LogP contribution in [0.25, 0.3) is 0 Å². The van der Waals surface area contributed by atoms with Crippen LogP contribution in [0, 0.1) is 0 Å². The van der Waals surface area contributed by atoms with Crippen LogP contribution < -0.4 is 5.32 Å². The molecule has 7 nitrogen and oxygen atoms in total. The molecule has 1 saturated heterocycles. The fourth-order valence-electron chi connectivity index (χ4n) is 2.61. The highest BCUT2D eigenvalue weighted by Crippen LogP contribution is 2.27. The third kappa shape index (κ3) is 3.36. The number of carbonyl (C=O) groups is 1. The van der Waals surface area contributed by atoms with Gasteiger partial charge in [0.25, 0.3) is 0 Å². The summed E-state index contributed by atoms with van der Waals surface area (Å²) < 4.78 is 0. The number of carbonyl (C=O) groups excluding carboxylic acids is 1. The number of anilines is 2. The molecule has 3 rings (SSSR count). The summed E-state index contributed by atoms with van der Waals surface area (Å²) in [7, 11) is 0. The Morgan fingerprint density at radius 2 is 1.82 bits per heavy atom. The molecule has 7 heteroatoms. The van der Waals surface area contributed by atoms with Crippen LogP contribution in [0.3, 0.4) is 0 Å². The Morgan fingerprint density at radius 3 is 2.50 bits per heavy atom. The summed E-state index contributed by atoms with van der Waals surface area (Å²) in [6.45, 7) is 3.19. The lowest BCUT2D eigenvalue weighted by Gasteiger charge is -2.30. The monoisotopic (exact) mass is 298 g/mol. The largest absolute Gasteiger partial charge is 0.343 e. The first-order valence-corrected chi connectivity index (χ1v) is 7.35. The number of aromatic nitrogens is 4. The van der Waals surface area contributed by atoms with E-state index < -0.39 is 0 Å². The van der Waals surface area contributed by atoms with Crippen molar-refractivity contribution in [2.24, 2.45) is 0 Å². The normalized spacial score (nSPS) is 15.6. The summed E-state index contributed by atoms with van der Waals surface area (Å²) in [6, 6.07) is 3.69. The minimum absolute atomic E-state index is 0.143. The van der Waals surface area contributed by atoms with E-state index in [1.807, 2.05) is 11.0 Å². The molecule has 1 N–H and O–H groups in total. The van der Waals surface area contributed by atoms with Gasteiger partial charge in [0.15, 0.2) is 0 Å². The second kappa shape index (κ2) is 6.46. The molecule has 2 aromatic rings. The highest BCUT2D eigenvalue weighted by atomic mass is 16.2. The summed E-state index contributed by atoms with van der Waals surface area (Å²) >= 11 is 0. The zero-order valence-electron chi connectivity index (χ0n) is 12.4. The van der Waals surface area contributed by atoms with Crippen LogP contribution in [0.5, 0.6) is 0 Å². The van der Waals surface area contributed by atoms with Crippen LogP contribution in [-0.2, 0) is 4.79 Å². The van der Waals surface area contributed by atoms with E-state index in [-0.39, 0.29) is 5.91 Å². The van der Waals surface area contributed by atoms with E-state index in [2.05, 4.69) is 25.3 Å². The topological polar surface area (TPSA) is 83.9 Å². The quantitative estimate of drug-likeness (QED) is 0.929. The maximum Gasteiger partial charge on any atom is 0.229 e. The van der Waals surface area contributed by atoms with Gasteiger partial charge in [-0.1, -0.05) is 0 Å². The lowest BCUT2D eigenvalue weighted by molar-refractivity contribution is -0.129. The number of amides is 1. The van der Waals surface area contributed by atoms with Crippen molar-refractivity contribution >= 4 is 17.8 Å². The Kier molecular flexibility index (Phi) is 4.22. The van der Waals surface area contributed by atoms with Crippen molar-refractivity contribution in [3.05, 3.63) is 36.4 Å². The lowest BCUT2D eigenvalue weighted by atomic mass is 9.93. The third-order valence-corrected chi connectivity index (χ3v) is 3.83. The summed E-state index contributed by atoms with van der Waals surface area (Å²) in [5, 5.41) is 3.00. The fraction of sp³-hybridized carbons (Fsp3) is 0.400. The molecule has 0 spiro atoms. The maximum atomic E-state index is 11.4. The molecule has 2 aromatic heterocycles. The van der Waals surface area contributed by atoms with Crippen molar-refractivity contribution in [3.8, 4) is 0 Å². The Morgan fingerprint density at radius 1 is 1.14 bits per heavy atom. The first-order chi connectivity index (χ1) is 10.7. The first kappa shape index (κ1) is 14.4. The van der Waals surface area contributed by atoms with E-state index in [0.717, 1.165) is 31.6 Å². The predicted molar refractivity (Wildman–Crippen MR) is 81.6 cm³/mol. The molecule has 0 bridgehead atoms. The van der Waals surface area contributed by atoms with Gasteiger partial charge in [-0.2, -0.15) is 0 Å². The SMILES string of the molecule is CC(=O)N1CCC(c2ccnc(Nc3ncccn3)n2)CC1. The summed E-state index contributed by atoms with van der Waals surface area (Å²) in [6.07, 6.45) is 6.92. The molecule has 1 aliphatic rings. The molecule has 0 radical (unpaired) electrons. The van der Waals surface area contributed by atoms with Crippen LogP contribution in [0.4, 0.5) is 11.9 Å². The number of likely N-dealkylation sites (tertiary alicyclic amines) is 1. The van der Waals surface area contributed by atoms with E-state index in [1.165, 1.54) is 0 Å². The molecule has 114 valence electrons. The highest BCUT2D eigenvalue weighted by molar-refractivity contribution is 5.73. The van der Waals surface area contributed by atoms with Crippen LogP contribution in [0.15, 0.2) is 30.7 Å². The lowest BCUT2D eigenvalue weighted by Crippen LogP contribution is -2.36. The van der Waals surface area contributed by atoms with E-state index >= 15 is 0 Å². The smallest absolute Gasteiger partial charge is 0.229 e. The third-order valence-electron chi connectivity index (χ3n) is 3.83. The van der Waals surface area contributed by atoms with Crippen molar-refractivity contribution in [1.29, 1.82) is 0 Å². The summed E-state index contributed by atoms with van der Waals surface area (Å²) in [5.41, 5.74) is 0.997. The van der Waals surface area contributed by atoms with Gasteiger partial charge in [0, 0.05) is 50.2 Å². The molecular formula is C15H18N6O. The van der Waals surface area contributed by atoms with E-state index in [0.29, 0.717) is 17.8 Å². The molecule has 1 fully saturated rings. The molecule has 0 aromatic carbocycles. The predicted octanol–water partition coefficient (Wildman–Crippen LogP) is 1.74. The number of hydrogen-bond acceptors (Lipinski definition) is 6. The average Bonchev–Trinajstić information content (AvgIpc) is 2.56. The number of nitrogens with zero attached hydrogens (tertiary/aromatic N) is 5. The van der Waals surface area contributed by atoms with Crippen molar-refractivity contribution in [1.82, 2.24) is 24.8 Å². The van der Waals surface area contributed by atoms with Crippen LogP contribution in [0.2, 0.25) is 0 Å². The van der Waals surface area contributed by atoms with E-state index in [1.54, 1.807) is 31.6 Å². The Hall–Kier alpha value is -2.57. The van der Waals surface area contributed by atoms with Gasteiger partial charge < -0.3 is 4.90 Å². The number of nitrogens with one attached hydrogen (secondary N) is 1. The van der Waals surface area contributed by atoms with Gasteiger partial charge in [-0.3, -0.25) is 10.1 Å². The molecule has 1 amide bonds. The van der Waals surface area contributed by atoms with Gasteiger partial charge in [0.2, 0.25) is 17.8 Å². The summed E-state index contributed by atoms with van der Waals surface area (Å²) in [5.74, 6) is 1.48. The fourth-order valence-corrected chi connectivity index (χ4v) is 2.61. The van der Waals surface area contributed by atoms with Crippen molar-refractivity contribution < 1.29 is 4.79 Å². The van der Waals surface area contributed by atoms with Gasteiger partial charge in [0.05, 0.1) is 0 Å². The number of piperidine rings is 1. The van der Waals surface area contributed by atoms with Crippen LogP contribution >= 0.6 is 0 Å². The second-order valence-corrected chi connectivity index (χ2v) is 5.28. The first-order valence-electron chi connectivity index (χ1n) is 7.35. The molecule has 1 aliphatic heterocycles. The van der Waals surface area contributed by atoms with E-state index in [4.69, 9.17) is 0 Å². The minimum Gasteiger partial charge on any atom is -0.343 e. The molecule has 0 saturated carbocycles. The highest BCUT2D eigenvalue weighted by Gasteiger charge is 2.23. The van der Waals surface area contributed by atoms with Crippen molar-refractivity contribution in [2.45, 2.75) is 25.7 Å². The molecular weight excluding hydrogens is 280 g/mol. The van der Waals surface area contributed by atoms with Crippen LogP contribution in [-0.4, -0.2) is 43.8 Å². The maximum absolute atomic E-state index is 11.4. The second-order valence-electron chi connectivity index (χ2n) is 5.28.